The number of nitrogens with one attached hydrogen (secondary N) is 4. The molecule has 4 amide bonds. The Morgan fingerprint density at radius 2 is 1.38 bits per heavy atom. The lowest BCUT2D eigenvalue weighted by Gasteiger charge is -2.14. The molecule has 1 aromatic carbocycles. The fourth-order valence-electron chi connectivity index (χ4n) is 2.71. The second kappa shape index (κ2) is 7.75. The number of aromatic hydroxyl groups is 1. The summed E-state index contributed by atoms with van der Waals surface area (Å²) in [5, 5.41) is 21.7. The summed E-state index contributed by atoms with van der Waals surface area (Å²) in [6, 6.07) is 1.16. The van der Waals surface area contributed by atoms with E-state index in [1.807, 2.05) is 0 Å². The molecule has 0 aliphatic carbocycles. The van der Waals surface area contributed by atoms with Crippen molar-refractivity contribution in [3.63, 3.8) is 0 Å². The number of rotatable bonds is 4. The first-order valence-corrected chi connectivity index (χ1v) is 11.7. The minimum Gasteiger partial charge on any atom is -0.506 e. The minimum absolute atomic E-state index is 0.0199. The van der Waals surface area contributed by atoms with Gasteiger partial charge in [0.2, 0.25) is 0 Å². The molecule has 2 aliphatic rings. The third-order valence-corrected chi connectivity index (χ3v) is 6.79. The molecule has 156 valence electrons. The Morgan fingerprint density at radius 1 is 0.862 bits per heavy atom. The molecule has 11 nitrogen and oxygen atoms in total. The first kappa shape index (κ1) is 20.7. The third kappa shape index (κ3) is 5.71. The van der Waals surface area contributed by atoms with Crippen molar-refractivity contribution < 1.29 is 31.5 Å². The average molecular weight is 442 g/mol. The molecule has 29 heavy (non-hydrogen) atoms. The standard InChI is InChI=1S/C16H18N4O7S2/c21-14-2-1-10(17-15(22)18-11-3-5-28(24,25)8-11)7-13(14)20-16(23)19-12-4-6-29(26,27)9-12/h1-7,11-12,21H,8-9H2,(H2,17,18,22)(H2,19,20,23). The smallest absolute Gasteiger partial charge is 0.319 e. The van der Waals surface area contributed by atoms with E-state index in [4.69, 9.17) is 0 Å². The highest BCUT2D eigenvalue weighted by Gasteiger charge is 2.24. The highest BCUT2D eigenvalue weighted by molar-refractivity contribution is 7.94. The van der Waals surface area contributed by atoms with Crippen LogP contribution < -0.4 is 21.3 Å². The van der Waals surface area contributed by atoms with E-state index in [2.05, 4.69) is 21.3 Å². The van der Waals surface area contributed by atoms with Gasteiger partial charge in [0.15, 0.2) is 19.7 Å². The number of urea groups is 2. The number of carbonyl (C=O) groups is 2. The number of phenols is 1. The van der Waals surface area contributed by atoms with E-state index in [0.29, 0.717) is 0 Å². The second-order valence-corrected chi connectivity index (χ2v) is 10.3. The highest BCUT2D eigenvalue weighted by atomic mass is 32.2. The number of hydrogen-bond acceptors (Lipinski definition) is 7. The Kier molecular flexibility index (Phi) is 5.53. The van der Waals surface area contributed by atoms with Crippen LogP contribution >= 0.6 is 0 Å². The maximum absolute atomic E-state index is 12.0. The van der Waals surface area contributed by atoms with Crippen LogP contribution in [-0.4, -0.2) is 57.6 Å². The summed E-state index contributed by atoms with van der Waals surface area (Å²) < 4.78 is 45.4. The van der Waals surface area contributed by atoms with Gasteiger partial charge in [-0.2, -0.15) is 0 Å². The summed E-state index contributed by atoms with van der Waals surface area (Å²) in [5.41, 5.74) is 0.206. The van der Waals surface area contributed by atoms with Crippen molar-refractivity contribution in [1.82, 2.24) is 10.6 Å². The lowest BCUT2D eigenvalue weighted by molar-refractivity contribution is 0.250. The Labute approximate surface area is 166 Å². The SMILES string of the molecule is O=C(Nc1ccc(O)c(NC(=O)NC2C=CS(=O)(=O)C2)c1)NC1C=CS(=O)(=O)C1. The van der Waals surface area contributed by atoms with Crippen molar-refractivity contribution >= 4 is 43.1 Å². The van der Waals surface area contributed by atoms with E-state index in [1.165, 1.54) is 30.4 Å². The molecule has 2 atom stereocenters. The average Bonchev–Trinajstić information content (AvgIpc) is 3.11. The molecule has 3 rings (SSSR count). The zero-order valence-electron chi connectivity index (χ0n) is 14.8. The highest BCUT2D eigenvalue weighted by Crippen LogP contribution is 2.26. The zero-order valence-corrected chi connectivity index (χ0v) is 16.5. The van der Waals surface area contributed by atoms with Crippen molar-refractivity contribution in [3.8, 4) is 5.75 Å². The molecule has 0 aromatic heterocycles. The molecular formula is C16H18N4O7S2. The molecule has 2 aliphatic heterocycles. The van der Waals surface area contributed by atoms with Gasteiger partial charge in [0, 0.05) is 16.5 Å². The number of amides is 4. The van der Waals surface area contributed by atoms with Crippen LogP contribution in [0.2, 0.25) is 0 Å². The molecule has 1 aromatic rings. The van der Waals surface area contributed by atoms with E-state index < -0.39 is 43.8 Å². The quantitative estimate of drug-likeness (QED) is 0.329. The maximum atomic E-state index is 12.0. The molecule has 0 saturated carbocycles. The molecule has 5 N–H and O–H groups in total. The van der Waals surface area contributed by atoms with Gasteiger partial charge < -0.3 is 26.4 Å². The fraction of sp³-hybridized carbons (Fsp3) is 0.250. The second-order valence-electron chi connectivity index (χ2n) is 6.46. The number of phenolic OH excluding ortho intramolecular Hbond substituents is 1. The topological polar surface area (TPSA) is 171 Å². The van der Waals surface area contributed by atoms with E-state index in [0.717, 1.165) is 10.8 Å². The predicted octanol–water partition coefficient (Wildman–Crippen LogP) is 0.257. The van der Waals surface area contributed by atoms with Crippen molar-refractivity contribution in [3.05, 3.63) is 41.2 Å². The van der Waals surface area contributed by atoms with Crippen molar-refractivity contribution in [2.75, 3.05) is 22.1 Å². The molecule has 0 bridgehead atoms. The van der Waals surface area contributed by atoms with Crippen LogP contribution in [0.1, 0.15) is 0 Å². The van der Waals surface area contributed by atoms with Gasteiger partial charge in [-0.05, 0) is 30.4 Å². The van der Waals surface area contributed by atoms with Gasteiger partial charge in [-0.1, -0.05) is 0 Å². The number of benzene rings is 1. The lowest BCUT2D eigenvalue weighted by atomic mass is 10.2. The molecule has 2 unspecified atom stereocenters. The summed E-state index contributed by atoms with van der Waals surface area (Å²) in [6.45, 7) is 0. The number of sulfone groups is 2. The van der Waals surface area contributed by atoms with Crippen LogP contribution in [0.25, 0.3) is 0 Å². The summed E-state index contributed by atoms with van der Waals surface area (Å²) in [6.07, 6.45) is 2.70. The van der Waals surface area contributed by atoms with Crippen LogP contribution in [0.5, 0.6) is 5.75 Å². The van der Waals surface area contributed by atoms with E-state index >= 15 is 0 Å². The van der Waals surface area contributed by atoms with Gasteiger partial charge in [0.05, 0.1) is 29.3 Å². The van der Waals surface area contributed by atoms with Crippen molar-refractivity contribution in [1.29, 1.82) is 0 Å². The first-order valence-electron chi connectivity index (χ1n) is 8.31. The van der Waals surface area contributed by atoms with E-state index in [9.17, 15) is 31.5 Å². The first-order chi connectivity index (χ1) is 13.5. The molecule has 0 spiro atoms. The molecule has 0 fully saturated rings. The van der Waals surface area contributed by atoms with E-state index in [1.54, 1.807) is 0 Å². The molecular weight excluding hydrogens is 424 g/mol. The summed E-state index contributed by atoms with van der Waals surface area (Å²) >= 11 is 0. The summed E-state index contributed by atoms with van der Waals surface area (Å²) in [7, 11) is -6.64. The normalized spacial score (nSPS) is 23.4. The van der Waals surface area contributed by atoms with Gasteiger partial charge in [-0.3, -0.25) is 0 Å². The number of hydrogen-bond donors (Lipinski definition) is 5. The van der Waals surface area contributed by atoms with E-state index in [-0.39, 0.29) is 28.6 Å². The third-order valence-electron chi connectivity index (χ3n) is 4.00. The Hall–Kier alpha value is -3.06. The Bertz CT molecular complexity index is 1110. The Morgan fingerprint density at radius 3 is 1.86 bits per heavy atom. The van der Waals surface area contributed by atoms with Crippen molar-refractivity contribution in [2.24, 2.45) is 0 Å². The molecule has 0 radical (unpaired) electrons. The largest absolute Gasteiger partial charge is 0.506 e. The van der Waals surface area contributed by atoms with Gasteiger partial charge in [0.25, 0.3) is 0 Å². The van der Waals surface area contributed by atoms with Gasteiger partial charge in [0.1, 0.15) is 5.75 Å². The van der Waals surface area contributed by atoms with Crippen LogP contribution in [0, 0.1) is 0 Å². The molecule has 0 saturated heterocycles. The van der Waals surface area contributed by atoms with Crippen LogP contribution in [0.3, 0.4) is 0 Å². The van der Waals surface area contributed by atoms with Crippen LogP contribution in [0.4, 0.5) is 21.0 Å². The van der Waals surface area contributed by atoms with Crippen LogP contribution in [-0.2, 0) is 19.7 Å². The lowest BCUT2D eigenvalue weighted by Crippen LogP contribution is -2.39. The monoisotopic (exact) mass is 442 g/mol. The van der Waals surface area contributed by atoms with Crippen molar-refractivity contribution in [2.45, 2.75) is 12.1 Å². The molecule has 2 heterocycles. The Balaban J connectivity index is 1.58. The van der Waals surface area contributed by atoms with Gasteiger partial charge >= 0.3 is 12.1 Å². The fourth-order valence-corrected chi connectivity index (χ4v) is 5.18. The van der Waals surface area contributed by atoms with Crippen LogP contribution in [0.15, 0.2) is 41.2 Å². The summed E-state index contributed by atoms with van der Waals surface area (Å²) in [5.74, 6) is -0.751. The number of carbonyl (C=O) groups excluding carboxylic acids is 2. The summed E-state index contributed by atoms with van der Waals surface area (Å²) in [4.78, 5) is 24.0. The van der Waals surface area contributed by atoms with Gasteiger partial charge in [-0.25, -0.2) is 26.4 Å². The van der Waals surface area contributed by atoms with Gasteiger partial charge in [-0.15, -0.1) is 0 Å². The maximum Gasteiger partial charge on any atom is 0.319 e. The number of anilines is 2. The molecule has 13 heteroatoms. The zero-order chi connectivity index (χ0) is 21.2. The predicted molar refractivity (Wildman–Crippen MR) is 106 cm³/mol. The minimum atomic E-state index is -3.33.